The minimum atomic E-state index is 0.0510. The molecule has 5 heteroatoms. The molecular formula is C16H17N3O2. The molecule has 0 radical (unpaired) electrons. The fourth-order valence-corrected chi connectivity index (χ4v) is 2.26. The van der Waals surface area contributed by atoms with Crippen LogP contribution in [-0.2, 0) is 0 Å². The maximum Gasteiger partial charge on any atom is 0.258 e. The standard InChI is InChI=1S/C16H17N3O2/c1-11(2)21-16-15-18-10-13(19(15)9-8-17-16)12-6-4-5-7-14(12)20-3/h4-11H,1-3H3. The summed E-state index contributed by atoms with van der Waals surface area (Å²) < 4.78 is 13.1. The fourth-order valence-electron chi connectivity index (χ4n) is 2.26. The van der Waals surface area contributed by atoms with Crippen LogP contribution in [0.15, 0.2) is 42.9 Å². The van der Waals surface area contributed by atoms with E-state index >= 15 is 0 Å². The largest absolute Gasteiger partial charge is 0.496 e. The molecule has 0 amide bonds. The van der Waals surface area contributed by atoms with Crippen molar-refractivity contribution in [2.45, 2.75) is 20.0 Å². The molecule has 0 spiro atoms. The number of hydrogen-bond acceptors (Lipinski definition) is 4. The van der Waals surface area contributed by atoms with Gasteiger partial charge in [-0.1, -0.05) is 12.1 Å². The van der Waals surface area contributed by atoms with Crippen molar-refractivity contribution in [1.29, 1.82) is 0 Å². The molecule has 0 saturated heterocycles. The van der Waals surface area contributed by atoms with Crippen molar-refractivity contribution in [3.8, 4) is 22.9 Å². The third kappa shape index (κ3) is 2.42. The maximum atomic E-state index is 5.71. The maximum absolute atomic E-state index is 5.71. The summed E-state index contributed by atoms with van der Waals surface area (Å²) in [6, 6.07) is 7.86. The highest BCUT2D eigenvalue weighted by atomic mass is 16.5. The van der Waals surface area contributed by atoms with E-state index in [1.165, 1.54) is 0 Å². The molecular weight excluding hydrogens is 266 g/mol. The van der Waals surface area contributed by atoms with Gasteiger partial charge in [-0.2, -0.15) is 0 Å². The summed E-state index contributed by atoms with van der Waals surface area (Å²) in [4.78, 5) is 8.70. The SMILES string of the molecule is COc1ccccc1-c1cnc2c(OC(C)C)nccn12. The number of para-hydroxylation sites is 1. The van der Waals surface area contributed by atoms with Crippen LogP contribution >= 0.6 is 0 Å². The second-order valence-corrected chi connectivity index (χ2v) is 4.94. The Balaban J connectivity index is 2.17. The van der Waals surface area contributed by atoms with Gasteiger partial charge < -0.3 is 9.47 Å². The molecule has 0 unspecified atom stereocenters. The van der Waals surface area contributed by atoms with Gasteiger partial charge in [0.1, 0.15) is 5.75 Å². The van der Waals surface area contributed by atoms with Gasteiger partial charge in [0.2, 0.25) is 5.65 Å². The molecule has 0 aliphatic carbocycles. The molecule has 0 bridgehead atoms. The van der Waals surface area contributed by atoms with Crippen molar-refractivity contribution in [3.63, 3.8) is 0 Å². The van der Waals surface area contributed by atoms with Crippen molar-refractivity contribution in [2.24, 2.45) is 0 Å². The van der Waals surface area contributed by atoms with Crippen molar-refractivity contribution in [1.82, 2.24) is 14.4 Å². The van der Waals surface area contributed by atoms with Crippen LogP contribution in [-0.4, -0.2) is 27.6 Å². The van der Waals surface area contributed by atoms with Crippen LogP contribution in [0.1, 0.15) is 13.8 Å². The molecule has 3 rings (SSSR count). The number of benzene rings is 1. The number of nitrogens with zero attached hydrogens (tertiary/aromatic N) is 3. The zero-order chi connectivity index (χ0) is 14.8. The first-order chi connectivity index (χ1) is 10.2. The van der Waals surface area contributed by atoms with E-state index in [4.69, 9.17) is 9.47 Å². The van der Waals surface area contributed by atoms with E-state index in [-0.39, 0.29) is 6.10 Å². The molecule has 0 aliphatic rings. The molecule has 2 aromatic heterocycles. The summed E-state index contributed by atoms with van der Waals surface area (Å²) in [5.74, 6) is 1.34. The zero-order valence-corrected chi connectivity index (χ0v) is 12.3. The van der Waals surface area contributed by atoms with E-state index in [9.17, 15) is 0 Å². The summed E-state index contributed by atoms with van der Waals surface area (Å²) in [7, 11) is 1.66. The lowest BCUT2D eigenvalue weighted by Crippen LogP contribution is -2.08. The van der Waals surface area contributed by atoms with Crippen LogP contribution in [0.3, 0.4) is 0 Å². The number of imidazole rings is 1. The number of fused-ring (bicyclic) bond motifs is 1. The first-order valence-electron chi connectivity index (χ1n) is 6.83. The Labute approximate surface area is 123 Å². The van der Waals surface area contributed by atoms with E-state index in [0.717, 1.165) is 17.0 Å². The summed E-state index contributed by atoms with van der Waals surface area (Å²) in [5, 5.41) is 0. The molecule has 0 aliphatic heterocycles. The molecule has 2 heterocycles. The highest BCUT2D eigenvalue weighted by Gasteiger charge is 2.14. The highest BCUT2D eigenvalue weighted by molar-refractivity contribution is 5.71. The summed E-state index contributed by atoms with van der Waals surface area (Å²) >= 11 is 0. The molecule has 0 atom stereocenters. The van der Waals surface area contributed by atoms with E-state index in [1.807, 2.05) is 54.9 Å². The molecule has 5 nitrogen and oxygen atoms in total. The quantitative estimate of drug-likeness (QED) is 0.738. The van der Waals surface area contributed by atoms with Crippen molar-refractivity contribution < 1.29 is 9.47 Å². The Morgan fingerprint density at radius 3 is 2.71 bits per heavy atom. The lowest BCUT2D eigenvalue weighted by atomic mass is 10.1. The zero-order valence-electron chi connectivity index (χ0n) is 12.3. The van der Waals surface area contributed by atoms with Crippen LogP contribution in [0.2, 0.25) is 0 Å². The Bertz CT molecular complexity index is 765. The highest BCUT2D eigenvalue weighted by Crippen LogP contribution is 2.31. The van der Waals surface area contributed by atoms with E-state index in [0.29, 0.717) is 11.5 Å². The van der Waals surface area contributed by atoms with Crippen LogP contribution in [0.25, 0.3) is 16.9 Å². The monoisotopic (exact) mass is 283 g/mol. The molecule has 21 heavy (non-hydrogen) atoms. The topological polar surface area (TPSA) is 48.7 Å². The van der Waals surface area contributed by atoms with Gasteiger partial charge in [0.05, 0.1) is 25.1 Å². The fraction of sp³-hybridized carbons (Fsp3) is 0.250. The van der Waals surface area contributed by atoms with Gasteiger partial charge in [-0.3, -0.25) is 4.40 Å². The summed E-state index contributed by atoms with van der Waals surface area (Å²) in [6.07, 6.45) is 5.44. The minimum absolute atomic E-state index is 0.0510. The average molecular weight is 283 g/mol. The molecule has 0 fully saturated rings. The smallest absolute Gasteiger partial charge is 0.258 e. The molecule has 3 aromatic rings. The van der Waals surface area contributed by atoms with Gasteiger partial charge in [-0.15, -0.1) is 0 Å². The average Bonchev–Trinajstić information content (AvgIpc) is 2.91. The molecule has 1 aromatic carbocycles. The number of hydrogen-bond donors (Lipinski definition) is 0. The Morgan fingerprint density at radius 2 is 1.95 bits per heavy atom. The van der Waals surface area contributed by atoms with Gasteiger partial charge in [0.25, 0.3) is 5.88 Å². The minimum Gasteiger partial charge on any atom is -0.496 e. The summed E-state index contributed by atoms with van der Waals surface area (Å²) in [5.41, 5.74) is 2.62. The van der Waals surface area contributed by atoms with Gasteiger partial charge >= 0.3 is 0 Å². The van der Waals surface area contributed by atoms with E-state index in [2.05, 4.69) is 9.97 Å². The van der Waals surface area contributed by atoms with Gasteiger partial charge in [0, 0.05) is 18.0 Å². The van der Waals surface area contributed by atoms with E-state index < -0.39 is 0 Å². The van der Waals surface area contributed by atoms with Gasteiger partial charge in [0.15, 0.2) is 0 Å². The Morgan fingerprint density at radius 1 is 1.14 bits per heavy atom. The molecule has 0 saturated carbocycles. The predicted molar refractivity (Wildman–Crippen MR) is 80.7 cm³/mol. The van der Waals surface area contributed by atoms with Crippen LogP contribution < -0.4 is 9.47 Å². The van der Waals surface area contributed by atoms with E-state index in [1.54, 1.807) is 13.3 Å². The van der Waals surface area contributed by atoms with Crippen molar-refractivity contribution in [2.75, 3.05) is 7.11 Å². The lowest BCUT2D eigenvalue weighted by Gasteiger charge is -2.10. The predicted octanol–water partition coefficient (Wildman–Crippen LogP) is 3.19. The van der Waals surface area contributed by atoms with Crippen molar-refractivity contribution >= 4 is 5.65 Å². The number of methoxy groups -OCH3 is 1. The number of aromatic nitrogens is 3. The van der Waals surface area contributed by atoms with Crippen LogP contribution in [0.5, 0.6) is 11.6 Å². The van der Waals surface area contributed by atoms with Gasteiger partial charge in [-0.05, 0) is 26.0 Å². The lowest BCUT2D eigenvalue weighted by molar-refractivity contribution is 0.234. The second-order valence-electron chi connectivity index (χ2n) is 4.94. The Hall–Kier alpha value is -2.56. The summed E-state index contributed by atoms with van der Waals surface area (Å²) in [6.45, 7) is 3.94. The number of rotatable bonds is 4. The van der Waals surface area contributed by atoms with Crippen LogP contribution in [0, 0.1) is 0 Å². The number of ether oxygens (including phenoxy) is 2. The third-order valence-corrected chi connectivity index (χ3v) is 3.13. The Kier molecular flexibility index (Phi) is 3.48. The second kappa shape index (κ2) is 5.44. The third-order valence-electron chi connectivity index (χ3n) is 3.13. The van der Waals surface area contributed by atoms with Crippen LogP contribution in [0.4, 0.5) is 0 Å². The first-order valence-corrected chi connectivity index (χ1v) is 6.83. The molecule has 0 N–H and O–H groups in total. The van der Waals surface area contributed by atoms with Crippen molar-refractivity contribution in [3.05, 3.63) is 42.9 Å². The van der Waals surface area contributed by atoms with Gasteiger partial charge in [-0.25, -0.2) is 9.97 Å². The normalized spacial score (nSPS) is 11.0. The first kappa shape index (κ1) is 13.4. The molecule has 108 valence electrons.